The molecule has 5 heteroatoms. The fourth-order valence-electron chi connectivity index (χ4n) is 0.444. The van der Waals surface area contributed by atoms with Crippen LogP contribution >= 0.6 is 0 Å². The normalized spacial score (nSPS) is 14.7. The van der Waals surface area contributed by atoms with Crippen molar-refractivity contribution in [2.24, 2.45) is 5.73 Å². The summed E-state index contributed by atoms with van der Waals surface area (Å²) in [6.45, 7) is 1.27. The molecular weight excluding hydrogens is 154 g/mol. The van der Waals surface area contributed by atoms with E-state index in [1.165, 1.54) is 6.92 Å². The molecule has 4 nitrogen and oxygen atoms in total. The third kappa shape index (κ3) is 4.46. The molecule has 0 aliphatic heterocycles. The van der Waals surface area contributed by atoms with E-state index in [-0.39, 0.29) is 11.5 Å². The molecule has 1 atom stereocenters. The fraction of sp³-hybridized carbons (Fsp3) is 0.800. The Morgan fingerprint density at radius 1 is 1.60 bits per heavy atom. The molecule has 0 amide bonds. The van der Waals surface area contributed by atoms with Gasteiger partial charge in [-0.25, -0.2) is 8.42 Å². The number of carbonyl (C=O) groups excluding carboxylic acids is 1. The molecule has 60 valence electrons. The first-order chi connectivity index (χ1) is 4.33. The second kappa shape index (κ2) is 3.12. The number of ketones is 1. The van der Waals surface area contributed by atoms with Crippen LogP contribution in [0.4, 0.5) is 0 Å². The maximum atomic E-state index is 10.5. The number of hydrogen-bond acceptors (Lipinski definition) is 4. The molecule has 0 saturated heterocycles. The Morgan fingerprint density at radius 3 is 2.10 bits per heavy atom. The second-order valence-corrected chi connectivity index (χ2v) is 4.49. The van der Waals surface area contributed by atoms with Gasteiger partial charge >= 0.3 is 0 Å². The summed E-state index contributed by atoms with van der Waals surface area (Å²) in [4.78, 5) is 10.4. The van der Waals surface area contributed by atoms with Gasteiger partial charge in [0.1, 0.15) is 15.6 Å². The highest BCUT2D eigenvalue weighted by Gasteiger charge is 2.14. The molecule has 0 aromatic heterocycles. The van der Waals surface area contributed by atoms with Crippen molar-refractivity contribution in [3.8, 4) is 0 Å². The number of hydrogen-bond donors (Lipinski definition) is 1. The molecule has 0 rings (SSSR count). The minimum absolute atomic E-state index is 0.262. The predicted molar refractivity (Wildman–Crippen MR) is 38.4 cm³/mol. The molecule has 0 fully saturated rings. The third-order valence-corrected chi connectivity index (χ3v) is 1.97. The Labute approximate surface area is 60.3 Å². The van der Waals surface area contributed by atoms with Crippen LogP contribution in [0.3, 0.4) is 0 Å². The van der Waals surface area contributed by atoms with Crippen molar-refractivity contribution in [2.75, 3.05) is 12.0 Å². The summed E-state index contributed by atoms with van der Waals surface area (Å²) in [5, 5.41) is 0. The van der Waals surface area contributed by atoms with E-state index in [4.69, 9.17) is 5.73 Å². The Morgan fingerprint density at radius 2 is 2.00 bits per heavy atom. The molecule has 0 bridgehead atoms. The minimum Gasteiger partial charge on any atom is -0.321 e. The number of rotatable bonds is 3. The zero-order chi connectivity index (χ0) is 8.36. The van der Waals surface area contributed by atoms with E-state index in [0.29, 0.717) is 0 Å². The Bertz CT molecular complexity index is 219. The van der Waals surface area contributed by atoms with Crippen LogP contribution in [0.25, 0.3) is 0 Å². The van der Waals surface area contributed by atoms with E-state index in [1.807, 2.05) is 0 Å². The van der Waals surface area contributed by atoms with Crippen molar-refractivity contribution in [1.82, 2.24) is 0 Å². The molecule has 0 spiro atoms. The maximum absolute atomic E-state index is 10.5. The topological polar surface area (TPSA) is 77.2 Å². The van der Waals surface area contributed by atoms with Gasteiger partial charge in [-0.05, 0) is 6.92 Å². The molecule has 0 aliphatic carbocycles. The van der Waals surface area contributed by atoms with Gasteiger partial charge in [-0.3, -0.25) is 4.79 Å². The standard InChI is InChI=1S/C5H11NO3S/c1-4(7)5(6)3-10(2,8)9/h5H,3,6H2,1-2H3/t5-/m0/s1. The quantitative estimate of drug-likeness (QED) is 0.578. The summed E-state index contributed by atoms with van der Waals surface area (Å²) < 4.78 is 21.0. The second-order valence-electron chi connectivity index (χ2n) is 2.31. The van der Waals surface area contributed by atoms with Crippen LogP contribution in [-0.4, -0.2) is 32.3 Å². The van der Waals surface area contributed by atoms with Crippen molar-refractivity contribution >= 4 is 15.6 Å². The number of Topliss-reactive ketones (excluding diaryl/α,β-unsaturated/α-hetero) is 1. The lowest BCUT2D eigenvalue weighted by Crippen LogP contribution is -2.35. The van der Waals surface area contributed by atoms with Gasteiger partial charge < -0.3 is 5.73 Å². The maximum Gasteiger partial charge on any atom is 0.149 e. The lowest BCUT2D eigenvalue weighted by Gasteiger charge is -2.03. The molecule has 10 heavy (non-hydrogen) atoms. The Hall–Kier alpha value is -0.420. The SMILES string of the molecule is CC(=O)[C@@H](N)CS(C)(=O)=O. The van der Waals surface area contributed by atoms with E-state index in [0.717, 1.165) is 6.26 Å². The zero-order valence-corrected chi connectivity index (χ0v) is 6.81. The largest absolute Gasteiger partial charge is 0.321 e. The van der Waals surface area contributed by atoms with Crippen LogP contribution in [0.1, 0.15) is 6.92 Å². The molecule has 0 aromatic rings. The van der Waals surface area contributed by atoms with Gasteiger partial charge in [0, 0.05) is 6.26 Å². The smallest absolute Gasteiger partial charge is 0.149 e. The van der Waals surface area contributed by atoms with E-state index >= 15 is 0 Å². The molecule has 0 unspecified atom stereocenters. The van der Waals surface area contributed by atoms with Crippen LogP contribution in [0.5, 0.6) is 0 Å². The first-order valence-corrected chi connectivity index (χ1v) is 4.83. The van der Waals surface area contributed by atoms with Crippen LogP contribution in [0.2, 0.25) is 0 Å². The Balaban J connectivity index is 4.06. The monoisotopic (exact) mass is 165 g/mol. The highest BCUT2D eigenvalue weighted by atomic mass is 32.2. The van der Waals surface area contributed by atoms with E-state index < -0.39 is 15.9 Å². The highest BCUT2D eigenvalue weighted by Crippen LogP contribution is 1.88. The Kier molecular flexibility index (Phi) is 2.98. The molecule has 0 radical (unpaired) electrons. The average Bonchev–Trinajstić information content (AvgIpc) is 1.60. The summed E-state index contributed by atoms with van der Waals surface area (Å²) >= 11 is 0. The molecule has 2 N–H and O–H groups in total. The number of sulfone groups is 1. The summed E-state index contributed by atoms with van der Waals surface area (Å²) in [6.07, 6.45) is 1.05. The van der Waals surface area contributed by atoms with Crippen LogP contribution in [0.15, 0.2) is 0 Å². The van der Waals surface area contributed by atoms with E-state index in [2.05, 4.69) is 0 Å². The van der Waals surface area contributed by atoms with Gasteiger partial charge in [0.25, 0.3) is 0 Å². The summed E-state index contributed by atoms with van der Waals surface area (Å²) in [5.74, 6) is -0.562. The van der Waals surface area contributed by atoms with Crippen LogP contribution in [0, 0.1) is 0 Å². The van der Waals surface area contributed by atoms with Gasteiger partial charge in [-0.2, -0.15) is 0 Å². The van der Waals surface area contributed by atoms with Gasteiger partial charge in [0.15, 0.2) is 0 Å². The molecule has 0 aliphatic rings. The van der Waals surface area contributed by atoms with Gasteiger partial charge in [0.05, 0.1) is 11.8 Å². The van der Waals surface area contributed by atoms with Gasteiger partial charge in [-0.1, -0.05) is 0 Å². The van der Waals surface area contributed by atoms with Gasteiger partial charge in [0.2, 0.25) is 0 Å². The van der Waals surface area contributed by atoms with Gasteiger partial charge in [-0.15, -0.1) is 0 Å². The van der Waals surface area contributed by atoms with Crippen molar-refractivity contribution in [2.45, 2.75) is 13.0 Å². The van der Waals surface area contributed by atoms with E-state index in [9.17, 15) is 13.2 Å². The lowest BCUT2D eigenvalue weighted by molar-refractivity contribution is -0.117. The van der Waals surface area contributed by atoms with Crippen molar-refractivity contribution in [3.05, 3.63) is 0 Å². The summed E-state index contributed by atoms with van der Waals surface area (Å²) in [5.41, 5.74) is 5.17. The van der Waals surface area contributed by atoms with E-state index in [1.54, 1.807) is 0 Å². The van der Waals surface area contributed by atoms with Crippen LogP contribution in [-0.2, 0) is 14.6 Å². The molecule has 0 heterocycles. The predicted octanol–water partition coefficient (Wildman–Crippen LogP) is -1.05. The fourth-order valence-corrected chi connectivity index (χ4v) is 1.33. The number of nitrogens with two attached hydrogens (primary N) is 1. The molecule has 0 saturated carbocycles. The zero-order valence-electron chi connectivity index (χ0n) is 5.99. The number of carbonyl (C=O) groups is 1. The van der Waals surface area contributed by atoms with Crippen molar-refractivity contribution in [1.29, 1.82) is 0 Å². The first kappa shape index (κ1) is 9.58. The minimum atomic E-state index is -3.11. The average molecular weight is 165 g/mol. The molecule has 0 aromatic carbocycles. The molecular formula is C5H11NO3S. The summed E-state index contributed by atoms with van der Waals surface area (Å²) in [7, 11) is -3.11. The lowest BCUT2D eigenvalue weighted by atomic mass is 10.3. The third-order valence-electron chi connectivity index (χ3n) is 1.00. The first-order valence-electron chi connectivity index (χ1n) is 2.76. The van der Waals surface area contributed by atoms with Crippen molar-refractivity contribution < 1.29 is 13.2 Å². The highest BCUT2D eigenvalue weighted by molar-refractivity contribution is 7.90. The van der Waals surface area contributed by atoms with Crippen molar-refractivity contribution in [3.63, 3.8) is 0 Å². The summed E-state index contributed by atoms with van der Waals surface area (Å²) in [6, 6.07) is -0.866. The van der Waals surface area contributed by atoms with Crippen LogP contribution < -0.4 is 5.73 Å².